The lowest BCUT2D eigenvalue weighted by atomic mass is 9.92. The summed E-state index contributed by atoms with van der Waals surface area (Å²) in [5, 5.41) is 3.12. The maximum absolute atomic E-state index is 4.73. The van der Waals surface area contributed by atoms with Gasteiger partial charge >= 0.3 is 0 Å². The van der Waals surface area contributed by atoms with Crippen LogP contribution in [0.1, 0.15) is 38.3 Å². The molecule has 3 nitrogen and oxygen atoms in total. The van der Waals surface area contributed by atoms with Crippen molar-refractivity contribution in [3.05, 3.63) is 28.8 Å². The van der Waals surface area contributed by atoms with E-state index in [4.69, 9.17) is 4.98 Å². The first-order valence-corrected chi connectivity index (χ1v) is 7.42. The predicted octanol–water partition coefficient (Wildman–Crippen LogP) is 4.11. The highest BCUT2D eigenvalue weighted by atomic mass is 32.1. The Morgan fingerprint density at radius 2 is 1.95 bits per heavy atom. The molecule has 0 radical (unpaired) electrons. The number of aryl methyl sites for hydroxylation is 1. The van der Waals surface area contributed by atoms with Crippen molar-refractivity contribution in [3.8, 4) is 10.7 Å². The second-order valence-electron chi connectivity index (χ2n) is 5.58. The van der Waals surface area contributed by atoms with Crippen LogP contribution in [0.15, 0.2) is 18.2 Å². The Labute approximate surface area is 119 Å². The third-order valence-corrected chi connectivity index (χ3v) is 4.21. The Hall–Kier alpha value is -1.42. The van der Waals surface area contributed by atoms with E-state index in [9.17, 15) is 0 Å². The van der Waals surface area contributed by atoms with Crippen LogP contribution < -0.4 is 5.32 Å². The number of anilines is 1. The summed E-state index contributed by atoms with van der Waals surface area (Å²) in [5.74, 6) is 1.70. The molecule has 0 aromatic carbocycles. The second-order valence-corrected chi connectivity index (χ2v) is 6.75. The SMILES string of the molecule is CCc1ccc(-c2nc(NC)cc(C(C)(C)C)n2)s1. The highest BCUT2D eigenvalue weighted by molar-refractivity contribution is 7.15. The quantitative estimate of drug-likeness (QED) is 0.916. The summed E-state index contributed by atoms with van der Waals surface area (Å²) in [4.78, 5) is 11.8. The van der Waals surface area contributed by atoms with Gasteiger partial charge < -0.3 is 5.32 Å². The molecule has 0 saturated heterocycles. The molecule has 2 heterocycles. The van der Waals surface area contributed by atoms with Gasteiger partial charge in [-0.15, -0.1) is 11.3 Å². The molecule has 0 aliphatic carbocycles. The molecule has 0 bridgehead atoms. The van der Waals surface area contributed by atoms with Gasteiger partial charge in [-0.2, -0.15) is 0 Å². The molecule has 0 amide bonds. The average molecular weight is 275 g/mol. The molecule has 102 valence electrons. The molecule has 0 fully saturated rings. The second kappa shape index (κ2) is 5.29. The number of nitrogens with one attached hydrogen (secondary N) is 1. The summed E-state index contributed by atoms with van der Waals surface area (Å²) < 4.78 is 0. The molecule has 2 aromatic heterocycles. The van der Waals surface area contributed by atoms with E-state index in [-0.39, 0.29) is 5.41 Å². The molecule has 4 heteroatoms. The molecule has 1 N–H and O–H groups in total. The van der Waals surface area contributed by atoms with Crippen LogP contribution in [-0.2, 0) is 11.8 Å². The molecule has 0 saturated carbocycles. The van der Waals surface area contributed by atoms with Crippen LogP contribution >= 0.6 is 11.3 Å². The molecule has 0 atom stereocenters. The van der Waals surface area contributed by atoms with Gasteiger partial charge in [0.15, 0.2) is 5.82 Å². The van der Waals surface area contributed by atoms with Gasteiger partial charge in [0.2, 0.25) is 0 Å². The van der Waals surface area contributed by atoms with Crippen molar-refractivity contribution in [3.63, 3.8) is 0 Å². The van der Waals surface area contributed by atoms with Crippen molar-refractivity contribution < 1.29 is 0 Å². The van der Waals surface area contributed by atoms with Crippen LogP contribution in [0.2, 0.25) is 0 Å². The maximum Gasteiger partial charge on any atom is 0.171 e. The van der Waals surface area contributed by atoms with Gasteiger partial charge in [0.05, 0.1) is 10.6 Å². The molecule has 19 heavy (non-hydrogen) atoms. The van der Waals surface area contributed by atoms with E-state index in [0.717, 1.165) is 28.6 Å². The van der Waals surface area contributed by atoms with E-state index in [0.29, 0.717) is 0 Å². The zero-order valence-electron chi connectivity index (χ0n) is 12.2. The molecular formula is C15H21N3S. The van der Waals surface area contributed by atoms with Gasteiger partial charge in [0.1, 0.15) is 5.82 Å². The Morgan fingerprint density at radius 1 is 1.21 bits per heavy atom. The zero-order valence-corrected chi connectivity index (χ0v) is 13.1. The lowest BCUT2D eigenvalue weighted by Gasteiger charge is -2.19. The first-order valence-electron chi connectivity index (χ1n) is 6.60. The van der Waals surface area contributed by atoms with Gasteiger partial charge in [0, 0.05) is 23.4 Å². The first-order chi connectivity index (χ1) is 8.94. The molecule has 2 rings (SSSR count). The minimum absolute atomic E-state index is 0.0220. The van der Waals surface area contributed by atoms with Crippen LogP contribution in [0.5, 0.6) is 0 Å². The first kappa shape index (κ1) is 14.0. The Balaban J connectivity index is 2.50. The summed E-state index contributed by atoms with van der Waals surface area (Å²) in [7, 11) is 1.89. The van der Waals surface area contributed by atoms with E-state index < -0.39 is 0 Å². The summed E-state index contributed by atoms with van der Waals surface area (Å²) in [6, 6.07) is 6.30. The standard InChI is InChI=1S/C15H21N3S/c1-6-10-7-8-11(19-10)14-17-12(15(2,3)4)9-13(16-5)18-14/h7-9H,6H2,1-5H3,(H,16,17,18). The number of rotatable bonds is 3. The van der Waals surface area contributed by atoms with Crippen LogP contribution in [0, 0.1) is 0 Å². The third kappa shape index (κ3) is 3.13. The average Bonchev–Trinajstić information content (AvgIpc) is 2.86. The van der Waals surface area contributed by atoms with Crippen LogP contribution in [0.25, 0.3) is 10.7 Å². The molecular weight excluding hydrogens is 254 g/mol. The van der Waals surface area contributed by atoms with Crippen molar-refractivity contribution in [1.82, 2.24) is 9.97 Å². The van der Waals surface area contributed by atoms with E-state index >= 15 is 0 Å². The Bertz CT molecular complexity index is 567. The minimum atomic E-state index is 0.0220. The van der Waals surface area contributed by atoms with E-state index in [1.165, 1.54) is 4.88 Å². The summed E-state index contributed by atoms with van der Waals surface area (Å²) in [6.07, 6.45) is 1.06. The molecule has 2 aromatic rings. The van der Waals surface area contributed by atoms with Gasteiger partial charge in [0.25, 0.3) is 0 Å². The third-order valence-electron chi connectivity index (χ3n) is 2.98. The minimum Gasteiger partial charge on any atom is -0.373 e. The summed E-state index contributed by atoms with van der Waals surface area (Å²) >= 11 is 1.77. The van der Waals surface area contributed by atoms with Crippen molar-refractivity contribution in [2.75, 3.05) is 12.4 Å². The maximum atomic E-state index is 4.73. The number of aromatic nitrogens is 2. The number of thiophene rings is 1. The molecule has 0 unspecified atom stereocenters. The largest absolute Gasteiger partial charge is 0.373 e. The highest BCUT2D eigenvalue weighted by Gasteiger charge is 2.18. The number of hydrogen-bond donors (Lipinski definition) is 1. The topological polar surface area (TPSA) is 37.8 Å². The Kier molecular flexibility index (Phi) is 3.90. The van der Waals surface area contributed by atoms with Crippen LogP contribution in [0.3, 0.4) is 0 Å². The van der Waals surface area contributed by atoms with E-state index in [1.54, 1.807) is 11.3 Å². The van der Waals surface area contributed by atoms with E-state index in [2.05, 4.69) is 50.1 Å². The van der Waals surface area contributed by atoms with Gasteiger partial charge in [-0.05, 0) is 18.6 Å². The summed E-state index contributed by atoms with van der Waals surface area (Å²) in [6.45, 7) is 8.68. The fraction of sp³-hybridized carbons (Fsp3) is 0.467. The monoisotopic (exact) mass is 275 g/mol. The van der Waals surface area contributed by atoms with Gasteiger partial charge in [-0.3, -0.25) is 0 Å². The smallest absolute Gasteiger partial charge is 0.171 e. The lowest BCUT2D eigenvalue weighted by molar-refractivity contribution is 0.568. The van der Waals surface area contributed by atoms with Crippen molar-refractivity contribution in [1.29, 1.82) is 0 Å². The Morgan fingerprint density at radius 3 is 2.47 bits per heavy atom. The van der Waals surface area contributed by atoms with Crippen molar-refractivity contribution >= 4 is 17.2 Å². The van der Waals surface area contributed by atoms with Gasteiger partial charge in [-0.1, -0.05) is 27.7 Å². The van der Waals surface area contributed by atoms with E-state index in [1.807, 2.05) is 13.1 Å². The number of hydrogen-bond acceptors (Lipinski definition) is 4. The number of nitrogens with zero attached hydrogens (tertiary/aromatic N) is 2. The lowest BCUT2D eigenvalue weighted by Crippen LogP contribution is -2.15. The van der Waals surface area contributed by atoms with Gasteiger partial charge in [-0.25, -0.2) is 9.97 Å². The molecule has 0 aliphatic rings. The molecule has 0 spiro atoms. The fourth-order valence-electron chi connectivity index (χ4n) is 1.76. The zero-order chi connectivity index (χ0) is 14.0. The normalized spacial score (nSPS) is 11.6. The highest BCUT2D eigenvalue weighted by Crippen LogP contribution is 2.29. The van der Waals surface area contributed by atoms with Crippen molar-refractivity contribution in [2.45, 2.75) is 39.5 Å². The summed E-state index contributed by atoms with van der Waals surface area (Å²) in [5.41, 5.74) is 1.09. The van der Waals surface area contributed by atoms with Crippen LogP contribution in [-0.4, -0.2) is 17.0 Å². The van der Waals surface area contributed by atoms with Crippen molar-refractivity contribution in [2.24, 2.45) is 0 Å². The fourth-order valence-corrected chi connectivity index (χ4v) is 2.64. The molecule has 0 aliphatic heterocycles. The van der Waals surface area contributed by atoms with Crippen LogP contribution in [0.4, 0.5) is 5.82 Å². The predicted molar refractivity (Wildman–Crippen MR) is 83.0 cm³/mol.